The predicted molar refractivity (Wildman–Crippen MR) is 137 cm³/mol. The molecule has 3 aromatic rings. The Morgan fingerprint density at radius 3 is 2.29 bits per heavy atom. The number of hydrogen-bond acceptors (Lipinski definition) is 7. The largest absolute Gasteiger partial charge is 0.508 e. The summed E-state index contributed by atoms with van der Waals surface area (Å²) in [5.74, 6) is -1.57. The number of phenols is 1. The number of nitrogens with two attached hydrogens (primary N) is 2. The van der Waals surface area contributed by atoms with Crippen molar-refractivity contribution in [2.45, 2.75) is 26.3 Å². The fraction of sp³-hybridized carbons (Fsp3) is 0.250. The third kappa shape index (κ3) is 6.09. The number of aromatic hydroxyl groups is 1. The van der Waals surface area contributed by atoms with Crippen LogP contribution in [0, 0.1) is 5.92 Å². The number of nitrogen functional groups attached to an aromatic ring is 1. The fourth-order valence-corrected chi connectivity index (χ4v) is 4.25. The molecule has 1 aromatic heterocycles. The average molecular weight is 516 g/mol. The maximum atomic E-state index is 13.9. The van der Waals surface area contributed by atoms with E-state index < -0.39 is 23.8 Å². The summed E-state index contributed by atoms with van der Waals surface area (Å²) in [6.07, 6.45) is 0.743. The van der Waals surface area contributed by atoms with Crippen molar-refractivity contribution in [3.05, 3.63) is 69.7 Å². The van der Waals surface area contributed by atoms with Crippen LogP contribution >= 0.6 is 23.1 Å². The molecule has 0 aliphatic carbocycles. The van der Waals surface area contributed by atoms with Crippen molar-refractivity contribution in [2.24, 2.45) is 11.7 Å². The Morgan fingerprint density at radius 1 is 1.11 bits per heavy atom. The highest BCUT2D eigenvalue weighted by molar-refractivity contribution is 7.09. The van der Waals surface area contributed by atoms with Crippen molar-refractivity contribution in [3.63, 3.8) is 0 Å². The summed E-state index contributed by atoms with van der Waals surface area (Å²) in [6.45, 7) is 4.48. The number of nitrogens with one attached hydrogen (secondary N) is 1. The molecule has 2 aromatic carbocycles. The van der Waals surface area contributed by atoms with Crippen LogP contribution in [0.15, 0.2) is 48.5 Å². The molecule has 0 bridgehead atoms. The summed E-state index contributed by atoms with van der Waals surface area (Å²) >= 11 is 6.78. The van der Waals surface area contributed by atoms with E-state index in [9.17, 15) is 19.5 Å². The highest BCUT2D eigenvalue weighted by Gasteiger charge is 2.36. The van der Waals surface area contributed by atoms with E-state index in [1.54, 1.807) is 36.4 Å². The van der Waals surface area contributed by atoms with Gasteiger partial charge in [0.25, 0.3) is 11.8 Å². The molecule has 0 radical (unpaired) electrons. The SMILES string of the molecule is CC(C)CCNC(=O)[C@@H](c1ccc(O)cc1)N(C(=O)c1snc(C(N)=O)c1N)c1ccc(Cl)cc1. The molecule has 9 nitrogen and oxygen atoms in total. The molecule has 0 saturated heterocycles. The van der Waals surface area contributed by atoms with Gasteiger partial charge in [0, 0.05) is 17.3 Å². The first-order valence-corrected chi connectivity index (χ1v) is 12.0. The number of phenolic OH excluding ortho intramolecular Hbond substituents is 1. The van der Waals surface area contributed by atoms with Gasteiger partial charge in [0.1, 0.15) is 16.7 Å². The zero-order valence-electron chi connectivity index (χ0n) is 19.2. The van der Waals surface area contributed by atoms with Crippen molar-refractivity contribution in [3.8, 4) is 5.75 Å². The quantitative estimate of drug-likeness (QED) is 0.340. The van der Waals surface area contributed by atoms with E-state index in [0.717, 1.165) is 18.0 Å². The zero-order chi connectivity index (χ0) is 25.7. The van der Waals surface area contributed by atoms with Gasteiger partial charge < -0.3 is 21.9 Å². The Balaban J connectivity index is 2.14. The van der Waals surface area contributed by atoms with Gasteiger partial charge in [-0.2, -0.15) is 4.37 Å². The van der Waals surface area contributed by atoms with Crippen LogP contribution < -0.4 is 21.7 Å². The van der Waals surface area contributed by atoms with E-state index >= 15 is 0 Å². The first-order valence-electron chi connectivity index (χ1n) is 10.8. The minimum Gasteiger partial charge on any atom is -0.508 e. The van der Waals surface area contributed by atoms with Gasteiger partial charge in [-0.15, -0.1) is 0 Å². The summed E-state index contributed by atoms with van der Waals surface area (Å²) in [5, 5.41) is 13.1. The van der Waals surface area contributed by atoms with Crippen LogP contribution in [0.3, 0.4) is 0 Å². The highest BCUT2D eigenvalue weighted by Crippen LogP contribution is 2.34. The number of halogens is 1. The second-order valence-electron chi connectivity index (χ2n) is 8.26. The lowest BCUT2D eigenvalue weighted by molar-refractivity contribution is -0.122. The molecule has 3 rings (SSSR count). The van der Waals surface area contributed by atoms with Crippen LogP contribution in [-0.4, -0.2) is 33.7 Å². The van der Waals surface area contributed by atoms with Crippen molar-refractivity contribution < 1.29 is 19.5 Å². The van der Waals surface area contributed by atoms with Gasteiger partial charge in [0.15, 0.2) is 5.69 Å². The number of amides is 3. The molecule has 184 valence electrons. The topological polar surface area (TPSA) is 152 Å². The van der Waals surface area contributed by atoms with E-state index in [0.29, 0.717) is 28.7 Å². The second-order valence-corrected chi connectivity index (χ2v) is 9.47. The first kappa shape index (κ1) is 26.0. The minimum absolute atomic E-state index is 0.00915. The summed E-state index contributed by atoms with van der Waals surface area (Å²) in [7, 11) is 0. The monoisotopic (exact) mass is 515 g/mol. The number of hydrogen-bond donors (Lipinski definition) is 4. The van der Waals surface area contributed by atoms with Gasteiger partial charge in [-0.3, -0.25) is 19.3 Å². The third-order valence-corrected chi connectivity index (χ3v) is 6.32. The van der Waals surface area contributed by atoms with Crippen LogP contribution in [0.1, 0.15) is 52.0 Å². The molecule has 1 heterocycles. The van der Waals surface area contributed by atoms with E-state index in [2.05, 4.69) is 9.69 Å². The smallest absolute Gasteiger partial charge is 0.273 e. The van der Waals surface area contributed by atoms with Gasteiger partial charge >= 0.3 is 0 Å². The summed E-state index contributed by atoms with van der Waals surface area (Å²) in [6, 6.07) is 11.2. The maximum absolute atomic E-state index is 13.9. The lowest BCUT2D eigenvalue weighted by Crippen LogP contribution is -2.44. The van der Waals surface area contributed by atoms with Crippen LogP contribution in [0.5, 0.6) is 5.75 Å². The van der Waals surface area contributed by atoms with E-state index in [4.69, 9.17) is 23.1 Å². The molecule has 0 saturated carbocycles. The number of aromatic nitrogens is 1. The molecule has 1 atom stereocenters. The molecule has 0 spiro atoms. The number of carbonyl (C=O) groups is 3. The summed E-state index contributed by atoms with van der Waals surface area (Å²) in [5.41, 5.74) is 11.8. The van der Waals surface area contributed by atoms with E-state index in [1.807, 2.05) is 13.8 Å². The molecule has 3 amide bonds. The first-order chi connectivity index (χ1) is 16.6. The number of primary amides is 1. The van der Waals surface area contributed by atoms with Gasteiger partial charge in [0.2, 0.25) is 5.91 Å². The second kappa shape index (κ2) is 11.2. The Labute approximate surface area is 211 Å². The van der Waals surface area contributed by atoms with Gasteiger partial charge in [-0.05, 0) is 65.8 Å². The third-order valence-electron chi connectivity index (χ3n) is 5.22. The predicted octanol–water partition coefficient (Wildman–Crippen LogP) is 3.73. The van der Waals surface area contributed by atoms with Crippen LogP contribution in [0.25, 0.3) is 0 Å². The Hall–Kier alpha value is -3.63. The minimum atomic E-state index is -1.13. The van der Waals surface area contributed by atoms with Crippen molar-refractivity contribution in [2.75, 3.05) is 17.2 Å². The Bertz CT molecular complexity index is 1210. The lowest BCUT2D eigenvalue weighted by Gasteiger charge is -2.31. The van der Waals surface area contributed by atoms with Crippen molar-refractivity contribution >= 4 is 52.2 Å². The van der Waals surface area contributed by atoms with Crippen molar-refractivity contribution in [1.29, 1.82) is 0 Å². The molecular weight excluding hydrogens is 490 g/mol. The molecule has 0 unspecified atom stereocenters. The summed E-state index contributed by atoms with van der Waals surface area (Å²) < 4.78 is 3.92. The Kier molecular flexibility index (Phi) is 8.31. The van der Waals surface area contributed by atoms with Crippen LogP contribution in [0.2, 0.25) is 5.02 Å². The number of nitrogens with zero attached hydrogens (tertiary/aromatic N) is 2. The molecule has 0 fully saturated rings. The highest BCUT2D eigenvalue weighted by atomic mass is 35.5. The fourth-order valence-electron chi connectivity index (χ4n) is 3.38. The number of anilines is 2. The van der Waals surface area contributed by atoms with Crippen molar-refractivity contribution in [1.82, 2.24) is 9.69 Å². The molecule has 0 aliphatic heterocycles. The average Bonchev–Trinajstić information content (AvgIpc) is 3.20. The normalized spacial score (nSPS) is 11.8. The van der Waals surface area contributed by atoms with Crippen LogP contribution in [0.4, 0.5) is 11.4 Å². The molecule has 0 aliphatic rings. The maximum Gasteiger partial charge on any atom is 0.273 e. The molecule has 11 heteroatoms. The molecule has 6 N–H and O–H groups in total. The number of benzene rings is 2. The number of rotatable bonds is 9. The number of carbonyl (C=O) groups excluding carboxylic acids is 3. The Morgan fingerprint density at radius 2 is 1.74 bits per heavy atom. The molecule has 35 heavy (non-hydrogen) atoms. The molecular formula is C24H26ClN5O4S. The van der Waals surface area contributed by atoms with E-state index in [1.165, 1.54) is 17.0 Å². The summed E-state index contributed by atoms with van der Waals surface area (Å²) in [4.78, 5) is 40.3. The van der Waals surface area contributed by atoms with Gasteiger partial charge in [-0.1, -0.05) is 37.6 Å². The van der Waals surface area contributed by atoms with Gasteiger partial charge in [0.05, 0.1) is 5.69 Å². The standard InChI is InChI=1S/C24H26ClN5O4S/c1-13(2)11-12-28-23(33)20(14-3-9-17(31)10-4-14)30(16-7-5-15(25)6-8-16)24(34)21-18(26)19(22(27)32)29-35-21/h3-10,13,20,31H,11-12,26H2,1-2H3,(H2,27,32)(H,28,33)/t20-/m1/s1. The zero-order valence-corrected chi connectivity index (χ0v) is 20.8. The lowest BCUT2D eigenvalue weighted by atomic mass is 10.0. The van der Waals surface area contributed by atoms with E-state index in [-0.39, 0.29) is 22.0 Å². The van der Waals surface area contributed by atoms with Crippen LogP contribution in [-0.2, 0) is 4.79 Å². The van der Waals surface area contributed by atoms with Gasteiger partial charge in [-0.25, -0.2) is 0 Å².